The summed E-state index contributed by atoms with van der Waals surface area (Å²) in [4.78, 5) is 17.1. The van der Waals surface area contributed by atoms with Gasteiger partial charge in [-0.3, -0.25) is 9.69 Å². The number of para-hydroxylation sites is 1. The Kier molecular flexibility index (Phi) is 5.99. The van der Waals surface area contributed by atoms with E-state index in [1.807, 2.05) is 47.4 Å². The van der Waals surface area contributed by atoms with Crippen LogP contribution in [0.4, 0.5) is 0 Å². The van der Waals surface area contributed by atoms with Crippen LogP contribution in [0, 0.1) is 0 Å². The summed E-state index contributed by atoms with van der Waals surface area (Å²) in [5.41, 5.74) is 2.72. The fourth-order valence-corrected chi connectivity index (χ4v) is 3.68. The largest absolute Gasteiger partial charge is 0.493 e. The second kappa shape index (κ2) is 9.00. The Labute approximate surface area is 176 Å². The molecule has 0 unspecified atom stereocenters. The zero-order valence-corrected chi connectivity index (χ0v) is 17.3. The first-order chi connectivity index (χ1) is 14.7. The van der Waals surface area contributed by atoms with E-state index >= 15 is 0 Å². The van der Waals surface area contributed by atoms with Gasteiger partial charge in [0.05, 0.1) is 31.7 Å². The lowest BCUT2D eigenvalue weighted by molar-refractivity contribution is 0.0628. The average molecular weight is 406 g/mol. The minimum atomic E-state index is 0.0305. The number of methoxy groups -OCH3 is 2. The van der Waals surface area contributed by atoms with Gasteiger partial charge in [-0.1, -0.05) is 24.3 Å². The van der Waals surface area contributed by atoms with Crippen LogP contribution in [-0.2, 0) is 6.54 Å². The molecule has 1 amide bonds. The third-order valence-electron chi connectivity index (χ3n) is 5.36. The molecule has 0 aliphatic carbocycles. The third kappa shape index (κ3) is 4.31. The number of carbonyl (C=O) groups is 1. The molecule has 1 aliphatic rings. The predicted octanol–water partition coefficient (Wildman–Crippen LogP) is 2.85. The van der Waals surface area contributed by atoms with Gasteiger partial charge in [-0.2, -0.15) is 5.10 Å². The Morgan fingerprint density at radius 2 is 1.70 bits per heavy atom. The van der Waals surface area contributed by atoms with Crippen LogP contribution in [-0.4, -0.2) is 65.9 Å². The molecule has 0 bridgehead atoms. The van der Waals surface area contributed by atoms with Gasteiger partial charge < -0.3 is 14.4 Å². The van der Waals surface area contributed by atoms with Gasteiger partial charge in [0.2, 0.25) is 0 Å². The summed E-state index contributed by atoms with van der Waals surface area (Å²) in [6, 6.07) is 15.8. The first-order valence-corrected chi connectivity index (χ1v) is 10.0. The summed E-state index contributed by atoms with van der Waals surface area (Å²) < 4.78 is 12.4. The fourth-order valence-electron chi connectivity index (χ4n) is 3.68. The molecule has 3 aromatic rings. The Balaban J connectivity index is 1.34. The minimum Gasteiger partial charge on any atom is -0.493 e. The molecule has 1 aromatic heterocycles. The van der Waals surface area contributed by atoms with E-state index in [-0.39, 0.29) is 5.91 Å². The van der Waals surface area contributed by atoms with Gasteiger partial charge in [0.15, 0.2) is 11.5 Å². The summed E-state index contributed by atoms with van der Waals surface area (Å²) in [6.45, 7) is 3.86. The number of aromatic nitrogens is 2. The molecule has 2 heterocycles. The Morgan fingerprint density at radius 3 is 2.40 bits per heavy atom. The second-order valence-electron chi connectivity index (χ2n) is 7.27. The van der Waals surface area contributed by atoms with E-state index < -0.39 is 0 Å². The lowest BCUT2D eigenvalue weighted by Gasteiger charge is -2.34. The van der Waals surface area contributed by atoms with Crippen molar-refractivity contribution in [2.24, 2.45) is 0 Å². The number of rotatable bonds is 6. The predicted molar refractivity (Wildman–Crippen MR) is 114 cm³/mol. The van der Waals surface area contributed by atoms with Crippen molar-refractivity contribution in [1.29, 1.82) is 0 Å². The molecule has 7 heteroatoms. The van der Waals surface area contributed by atoms with Crippen LogP contribution in [0.5, 0.6) is 11.5 Å². The SMILES string of the molecule is COc1ccc(CN2CCN(C(=O)c3cnn(-c4ccccc4)c3)CC2)cc1OC. The molecule has 156 valence electrons. The van der Waals surface area contributed by atoms with Crippen molar-refractivity contribution < 1.29 is 14.3 Å². The highest BCUT2D eigenvalue weighted by Crippen LogP contribution is 2.28. The van der Waals surface area contributed by atoms with Crippen molar-refractivity contribution in [1.82, 2.24) is 19.6 Å². The van der Waals surface area contributed by atoms with Gasteiger partial charge in [-0.25, -0.2) is 4.68 Å². The maximum atomic E-state index is 12.9. The lowest BCUT2D eigenvalue weighted by Crippen LogP contribution is -2.48. The lowest BCUT2D eigenvalue weighted by atomic mass is 10.1. The number of carbonyl (C=O) groups excluding carboxylic acids is 1. The molecule has 0 spiro atoms. The standard InChI is InChI=1S/C23H26N4O3/c1-29-21-9-8-18(14-22(21)30-2)16-25-10-12-26(13-11-25)23(28)19-15-24-27(17-19)20-6-4-3-5-7-20/h3-9,14-15,17H,10-13,16H2,1-2H3. The average Bonchev–Trinajstić information content (AvgIpc) is 3.30. The molecule has 4 rings (SSSR count). The van der Waals surface area contributed by atoms with E-state index in [4.69, 9.17) is 9.47 Å². The zero-order valence-electron chi connectivity index (χ0n) is 17.3. The number of amides is 1. The van der Waals surface area contributed by atoms with Gasteiger partial charge >= 0.3 is 0 Å². The van der Waals surface area contributed by atoms with E-state index in [2.05, 4.69) is 16.1 Å². The fraction of sp³-hybridized carbons (Fsp3) is 0.304. The maximum Gasteiger partial charge on any atom is 0.257 e. The summed E-state index contributed by atoms with van der Waals surface area (Å²) in [6.07, 6.45) is 3.44. The highest BCUT2D eigenvalue weighted by Gasteiger charge is 2.23. The molecule has 0 atom stereocenters. The van der Waals surface area contributed by atoms with Crippen LogP contribution in [0.15, 0.2) is 60.9 Å². The molecular weight excluding hydrogens is 380 g/mol. The van der Waals surface area contributed by atoms with Crippen LogP contribution in [0.2, 0.25) is 0 Å². The normalized spacial score (nSPS) is 14.5. The Morgan fingerprint density at radius 1 is 0.967 bits per heavy atom. The van der Waals surface area contributed by atoms with Crippen molar-refractivity contribution in [3.8, 4) is 17.2 Å². The molecule has 1 fully saturated rings. The van der Waals surface area contributed by atoms with Crippen molar-refractivity contribution in [3.05, 3.63) is 72.1 Å². The first-order valence-electron chi connectivity index (χ1n) is 10.0. The molecular formula is C23H26N4O3. The molecule has 7 nitrogen and oxygen atoms in total. The van der Waals surface area contributed by atoms with Crippen molar-refractivity contribution in [2.45, 2.75) is 6.54 Å². The van der Waals surface area contributed by atoms with Crippen molar-refractivity contribution in [2.75, 3.05) is 40.4 Å². The van der Waals surface area contributed by atoms with E-state index in [1.165, 1.54) is 0 Å². The van der Waals surface area contributed by atoms with Gasteiger partial charge in [0, 0.05) is 38.9 Å². The van der Waals surface area contributed by atoms with Gasteiger partial charge in [0.25, 0.3) is 5.91 Å². The Hall–Kier alpha value is -3.32. The molecule has 0 radical (unpaired) electrons. The summed E-state index contributed by atoms with van der Waals surface area (Å²) in [5, 5.41) is 4.34. The van der Waals surface area contributed by atoms with Crippen LogP contribution < -0.4 is 9.47 Å². The summed E-state index contributed by atoms with van der Waals surface area (Å²) >= 11 is 0. The topological polar surface area (TPSA) is 59.8 Å². The number of hydrogen-bond donors (Lipinski definition) is 0. The number of nitrogens with zero attached hydrogens (tertiary/aromatic N) is 4. The van der Waals surface area contributed by atoms with Gasteiger partial charge in [-0.15, -0.1) is 0 Å². The van der Waals surface area contributed by atoms with Crippen molar-refractivity contribution in [3.63, 3.8) is 0 Å². The van der Waals surface area contributed by atoms with Crippen LogP contribution in [0.3, 0.4) is 0 Å². The number of piperazine rings is 1. The van der Waals surface area contributed by atoms with E-state index in [9.17, 15) is 4.79 Å². The van der Waals surface area contributed by atoms with Gasteiger partial charge in [0.1, 0.15) is 0 Å². The monoisotopic (exact) mass is 406 g/mol. The smallest absolute Gasteiger partial charge is 0.257 e. The summed E-state index contributed by atoms with van der Waals surface area (Å²) in [7, 11) is 3.28. The highest BCUT2D eigenvalue weighted by atomic mass is 16.5. The number of ether oxygens (including phenoxy) is 2. The summed E-state index contributed by atoms with van der Waals surface area (Å²) in [5.74, 6) is 1.50. The van der Waals surface area contributed by atoms with Gasteiger partial charge in [-0.05, 0) is 29.8 Å². The van der Waals surface area contributed by atoms with E-state index in [0.717, 1.165) is 42.4 Å². The van der Waals surface area contributed by atoms with Crippen LogP contribution in [0.25, 0.3) is 5.69 Å². The second-order valence-corrected chi connectivity index (χ2v) is 7.27. The minimum absolute atomic E-state index is 0.0305. The first kappa shape index (κ1) is 20.0. The van der Waals surface area contributed by atoms with Crippen LogP contribution >= 0.6 is 0 Å². The zero-order chi connectivity index (χ0) is 20.9. The van der Waals surface area contributed by atoms with Crippen LogP contribution in [0.1, 0.15) is 15.9 Å². The number of benzene rings is 2. The quantitative estimate of drug-likeness (QED) is 0.630. The Bertz CT molecular complexity index is 995. The highest BCUT2D eigenvalue weighted by molar-refractivity contribution is 5.93. The molecule has 0 N–H and O–H groups in total. The molecule has 1 aliphatic heterocycles. The van der Waals surface area contributed by atoms with E-state index in [1.54, 1.807) is 31.3 Å². The van der Waals surface area contributed by atoms with Crippen molar-refractivity contribution >= 4 is 5.91 Å². The maximum absolute atomic E-state index is 12.9. The number of hydrogen-bond acceptors (Lipinski definition) is 5. The molecule has 0 saturated carbocycles. The van der Waals surface area contributed by atoms with E-state index in [0.29, 0.717) is 18.7 Å². The molecule has 1 saturated heterocycles. The molecule has 2 aromatic carbocycles. The third-order valence-corrected chi connectivity index (χ3v) is 5.36. The molecule has 30 heavy (non-hydrogen) atoms.